The predicted molar refractivity (Wildman–Crippen MR) is 150 cm³/mol. The van der Waals surface area contributed by atoms with E-state index in [0.29, 0.717) is 36.1 Å². The minimum absolute atomic E-state index is 0.188. The highest BCUT2D eigenvalue weighted by atomic mass is 32.1. The number of rotatable bonds is 10. The molecule has 39 heavy (non-hydrogen) atoms. The molecule has 5 rings (SSSR count). The zero-order chi connectivity index (χ0) is 27.4. The Kier molecular flexibility index (Phi) is 7.83. The third kappa shape index (κ3) is 5.33. The van der Waals surface area contributed by atoms with Gasteiger partial charge in [-0.15, -0.1) is 0 Å². The molecule has 3 aromatic carbocycles. The summed E-state index contributed by atoms with van der Waals surface area (Å²) in [6.45, 7) is 4.99. The van der Waals surface area contributed by atoms with Crippen molar-refractivity contribution < 1.29 is 28.5 Å². The van der Waals surface area contributed by atoms with Crippen LogP contribution < -0.4 is 18.9 Å². The molecule has 0 aliphatic carbocycles. The molecule has 0 atom stereocenters. The van der Waals surface area contributed by atoms with E-state index in [2.05, 4.69) is 15.7 Å². The van der Waals surface area contributed by atoms with E-state index in [1.165, 1.54) is 11.7 Å². The van der Waals surface area contributed by atoms with Crippen molar-refractivity contribution in [3.63, 3.8) is 0 Å². The molecule has 0 bridgehead atoms. The molecular formula is C29H29N3O6S. The molecule has 0 spiro atoms. The molecule has 0 aliphatic heterocycles. The standard InChI is InChI=1S/C29H29N3O6S/c1-5-13-37-20-9-11-24-21(16-20)27(19-8-12-25(34-3)26(15-19)35-4)28(38-29(33)36-6-2)32(24)17-18-7-10-22-23(14-18)31-39-30-22/h7-12,14-16H,5-6,13,17H2,1-4H3. The lowest BCUT2D eigenvalue weighted by Gasteiger charge is -2.13. The van der Waals surface area contributed by atoms with Crippen LogP contribution in [0, 0.1) is 0 Å². The fraction of sp³-hybridized carbons (Fsp3) is 0.276. The van der Waals surface area contributed by atoms with Gasteiger partial charge in [-0.1, -0.05) is 19.1 Å². The maximum atomic E-state index is 12.7. The summed E-state index contributed by atoms with van der Waals surface area (Å²) in [7, 11) is 3.17. The second-order valence-electron chi connectivity index (χ2n) is 8.74. The van der Waals surface area contributed by atoms with Crippen LogP contribution in [0.1, 0.15) is 25.8 Å². The Morgan fingerprint density at radius 2 is 1.74 bits per heavy atom. The van der Waals surface area contributed by atoms with Crippen molar-refractivity contribution in [1.82, 2.24) is 13.3 Å². The summed E-state index contributed by atoms with van der Waals surface area (Å²) >= 11 is 1.17. The van der Waals surface area contributed by atoms with Crippen LogP contribution in [-0.2, 0) is 11.3 Å². The normalized spacial score (nSPS) is 11.1. The highest BCUT2D eigenvalue weighted by Crippen LogP contribution is 2.44. The quantitative estimate of drug-likeness (QED) is 0.178. The van der Waals surface area contributed by atoms with Gasteiger partial charge in [-0.3, -0.25) is 0 Å². The van der Waals surface area contributed by atoms with Gasteiger partial charge in [-0.2, -0.15) is 8.75 Å². The molecule has 0 amide bonds. The van der Waals surface area contributed by atoms with Crippen LogP contribution in [-0.4, -0.2) is 46.9 Å². The van der Waals surface area contributed by atoms with Gasteiger partial charge in [0.2, 0.25) is 5.88 Å². The Morgan fingerprint density at radius 3 is 2.51 bits per heavy atom. The van der Waals surface area contributed by atoms with Crippen LogP contribution in [0.2, 0.25) is 0 Å². The van der Waals surface area contributed by atoms with Crippen LogP contribution in [0.5, 0.6) is 23.1 Å². The Balaban J connectivity index is 1.75. The molecule has 0 unspecified atom stereocenters. The van der Waals surface area contributed by atoms with Crippen molar-refractivity contribution in [1.29, 1.82) is 0 Å². The molecule has 0 saturated heterocycles. The number of carbonyl (C=O) groups is 1. The molecule has 202 valence electrons. The number of aromatic nitrogens is 3. The topological polar surface area (TPSA) is 93.9 Å². The van der Waals surface area contributed by atoms with Crippen molar-refractivity contribution in [2.75, 3.05) is 27.4 Å². The summed E-state index contributed by atoms with van der Waals surface area (Å²) < 4.78 is 38.7. The lowest BCUT2D eigenvalue weighted by atomic mass is 10.0. The van der Waals surface area contributed by atoms with E-state index in [4.69, 9.17) is 23.7 Å². The number of hydrogen-bond donors (Lipinski definition) is 0. The van der Waals surface area contributed by atoms with Crippen LogP contribution in [0.3, 0.4) is 0 Å². The SMILES string of the molecule is CCCOc1ccc2c(c1)c(-c1ccc(OC)c(OC)c1)c(OC(=O)OCC)n2Cc1ccc2nsnc2c1. The van der Waals surface area contributed by atoms with Crippen molar-refractivity contribution in [3.05, 3.63) is 60.2 Å². The van der Waals surface area contributed by atoms with Crippen molar-refractivity contribution in [2.24, 2.45) is 0 Å². The molecule has 2 aromatic heterocycles. The van der Waals surface area contributed by atoms with Crippen molar-refractivity contribution in [2.45, 2.75) is 26.8 Å². The Labute approximate surface area is 230 Å². The summed E-state index contributed by atoms with van der Waals surface area (Å²) in [5.74, 6) is 2.22. The fourth-order valence-corrected chi connectivity index (χ4v) is 5.01. The smallest absolute Gasteiger partial charge is 0.494 e. The largest absolute Gasteiger partial charge is 0.515 e. The third-order valence-electron chi connectivity index (χ3n) is 6.23. The first-order chi connectivity index (χ1) is 19.1. The second-order valence-corrected chi connectivity index (χ2v) is 9.26. The van der Waals surface area contributed by atoms with Gasteiger partial charge in [0, 0.05) is 5.39 Å². The monoisotopic (exact) mass is 547 g/mol. The van der Waals surface area contributed by atoms with Gasteiger partial charge in [0.1, 0.15) is 16.8 Å². The second kappa shape index (κ2) is 11.6. The Morgan fingerprint density at radius 1 is 0.923 bits per heavy atom. The summed E-state index contributed by atoms with van der Waals surface area (Å²) in [6, 6.07) is 17.4. The first kappa shape index (κ1) is 26.3. The van der Waals surface area contributed by atoms with E-state index >= 15 is 0 Å². The minimum atomic E-state index is -0.787. The van der Waals surface area contributed by atoms with E-state index in [-0.39, 0.29) is 6.61 Å². The van der Waals surface area contributed by atoms with Crippen LogP contribution in [0.4, 0.5) is 4.79 Å². The highest BCUT2D eigenvalue weighted by molar-refractivity contribution is 7.00. The number of ether oxygens (including phenoxy) is 5. The van der Waals surface area contributed by atoms with E-state index in [0.717, 1.165) is 45.2 Å². The molecule has 9 nitrogen and oxygen atoms in total. The molecule has 0 aliphatic rings. The molecule has 5 aromatic rings. The first-order valence-electron chi connectivity index (χ1n) is 12.6. The van der Waals surface area contributed by atoms with Crippen molar-refractivity contribution >= 4 is 39.8 Å². The zero-order valence-electron chi connectivity index (χ0n) is 22.2. The molecule has 0 radical (unpaired) electrons. The summed E-state index contributed by atoms with van der Waals surface area (Å²) in [5.41, 5.74) is 4.98. The van der Waals surface area contributed by atoms with Gasteiger partial charge in [0.05, 0.1) is 56.8 Å². The highest BCUT2D eigenvalue weighted by Gasteiger charge is 2.25. The average molecular weight is 548 g/mol. The van der Waals surface area contributed by atoms with Gasteiger partial charge in [0.15, 0.2) is 11.5 Å². The zero-order valence-corrected chi connectivity index (χ0v) is 23.0. The number of benzene rings is 3. The Hall–Kier alpha value is -4.31. The molecular weight excluding hydrogens is 518 g/mol. The van der Waals surface area contributed by atoms with Crippen LogP contribution in [0.25, 0.3) is 33.1 Å². The summed E-state index contributed by atoms with van der Waals surface area (Å²) in [6.07, 6.45) is 0.0946. The Bertz CT molecular complexity index is 1630. The number of methoxy groups -OCH3 is 2. The molecule has 10 heteroatoms. The molecule has 2 heterocycles. The number of fused-ring (bicyclic) bond motifs is 2. The third-order valence-corrected chi connectivity index (χ3v) is 6.79. The number of hydrogen-bond acceptors (Lipinski definition) is 9. The number of nitrogens with zero attached hydrogens (tertiary/aromatic N) is 3. The lowest BCUT2D eigenvalue weighted by molar-refractivity contribution is 0.101. The van der Waals surface area contributed by atoms with Gasteiger partial charge in [-0.25, -0.2) is 4.79 Å². The van der Waals surface area contributed by atoms with Crippen LogP contribution in [0.15, 0.2) is 54.6 Å². The van der Waals surface area contributed by atoms with E-state index < -0.39 is 6.16 Å². The summed E-state index contributed by atoms with van der Waals surface area (Å²) in [4.78, 5) is 12.7. The minimum Gasteiger partial charge on any atom is -0.494 e. The van der Waals surface area contributed by atoms with E-state index in [1.54, 1.807) is 21.1 Å². The lowest BCUT2D eigenvalue weighted by Crippen LogP contribution is -2.14. The average Bonchev–Trinajstić information content (AvgIpc) is 3.53. The number of carbonyl (C=O) groups excluding carboxylic acids is 1. The van der Waals surface area contributed by atoms with Gasteiger partial charge < -0.3 is 28.3 Å². The van der Waals surface area contributed by atoms with Gasteiger partial charge in [0.25, 0.3) is 0 Å². The van der Waals surface area contributed by atoms with Gasteiger partial charge >= 0.3 is 6.16 Å². The predicted octanol–water partition coefficient (Wildman–Crippen LogP) is 6.70. The van der Waals surface area contributed by atoms with E-state index in [9.17, 15) is 4.79 Å². The van der Waals surface area contributed by atoms with E-state index in [1.807, 2.05) is 59.2 Å². The molecule has 0 fully saturated rings. The fourth-order valence-electron chi connectivity index (χ4n) is 4.49. The maximum Gasteiger partial charge on any atom is 0.515 e. The van der Waals surface area contributed by atoms with Crippen LogP contribution >= 0.6 is 11.7 Å². The molecule has 0 saturated carbocycles. The molecule has 0 N–H and O–H groups in total. The van der Waals surface area contributed by atoms with Gasteiger partial charge in [-0.05, 0) is 66.9 Å². The first-order valence-corrected chi connectivity index (χ1v) is 13.4. The van der Waals surface area contributed by atoms with Crippen molar-refractivity contribution in [3.8, 4) is 34.3 Å². The maximum absolute atomic E-state index is 12.7. The summed E-state index contributed by atoms with van der Waals surface area (Å²) in [5, 5.41) is 0.853.